The average Bonchev–Trinajstić information content (AvgIpc) is 3.29. The molecule has 10 heteroatoms. The molecule has 0 radical (unpaired) electrons. The lowest BCUT2D eigenvalue weighted by atomic mass is 9.79. The second kappa shape index (κ2) is 5.67. The minimum atomic E-state index is -1.10. The molecule has 0 N–H and O–H groups in total. The van der Waals surface area contributed by atoms with Crippen molar-refractivity contribution in [2.45, 2.75) is 36.1 Å². The summed E-state index contributed by atoms with van der Waals surface area (Å²) in [5.74, 6) is 1.18. The Kier molecular flexibility index (Phi) is 3.67. The van der Waals surface area contributed by atoms with Crippen LogP contribution in [0.2, 0.25) is 0 Å². The van der Waals surface area contributed by atoms with Crippen molar-refractivity contribution in [3.05, 3.63) is 17.7 Å². The number of benzene rings is 1. The van der Waals surface area contributed by atoms with Gasteiger partial charge in [0.05, 0.1) is 24.6 Å². The summed E-state index contributed by atoms with van der Waals surface area (Å²) in [5.41, 5.74) is -0.272. The van der Waals surface area contributed by atoms with Gasteiger partial charge in [0.15, 0.2) is 21.2 Å². The Bertz CT molecular complexity index is 1010. The first-order valence-electron chi connectivity index (χ1n) is 9.09. The van der Waals surface area contributed by atoms with E-state index in [4.69, 9.17) is 14.2 Å². The van der Waals surface area contributed by atoms with Crippen molar-refractivity contribution in [2.24, 2.45) is 5.41 Å². The topological polar surface area (TPSA) is 92.1 Å². The van der Waals surface area contributed by atoms with E-state index in [2.05, 4.69) is 6.07 Å². The number of carbonyl (C=O) groups is 2. The zero-order valence-electron chi connectivity index (χ0n) is 16.3. The fourth-order valence-corrected chi connectivity index (χ4v) is 8.31. The molecule has 0 aliphatic carbocycles. The summed E-state index contributed by atoms with van der Waals surface area (Å²) in [4.78, 5) is 28.0. The summed E-state index contributed by atoms with van der Waals surface area (Å²) in [6.45, 7) is 3.65. The van der Waals surface area contributed by atoms with E-state index in [1.807, 2.05) is 6.92 Å². The molecule has 4 atom stereocenters. The number of hydrogen-bond donors (Lipinski definition) is 0. The zero-order chi connectivity index (χ0) is 20.8. The fraction of sp³-hybridized carbons (Fsp3) is 0.526. The Hall–Kier alpha value is -2.25. The molecular weight excluding hydrogens is 414 g/mol. The lowest BCUT2D eigenvalue weighted by Gasteiger charge is -2.57. The van der Waals surface area contributed by atoms with Crippen LogP contribution in [-0.4, -0.2) is 52.3 Å². The highest BCUT2D eigenvalue weighted by atomic mass is 33.1. The summed E-state index contributed by atoms with van der Waals surface area (Å²) in [6.07, 6.45) is 0.251. The molecule has 6 rings (SSSR count). The van der Waals surface area contributed by atoms with Gasteiger partial charge in [-0.15, -0.1) is 0 Å². The maximum Gasteiger partial charge on any atom is 0.261 e. The lowest BCUT2D eigenvalue weighted by Crippen LogP contribution is -2.73. The van der Waals surface area contributed by atoms with Gasteiger partial charge in [0.1, 0.15) is 0 Å². The minimum Gasteiger partial charge on any atom is -0.493 e. The molecule has 8 nitrogen and oxygen atoms in total. The van der Waals surface area contributed by atoms with Crippen LogP contribution in [0.15, 0.2) is 12.1 Å². The molecule has 3 unspecified atom stereocenters. The van der Waals surface area contributed by atoms with E-state index < -0.39 is 21.2 Å². The number of fused-ring (bicyclic) bond motifs is 3. The number of amides is 2. The number of carbonyl (C=O) groups excluding carboxylic acids is 2. The first-order valence-corrected chi connectivity index (χ1v) is 11.2. The maximum atomic E-state index is 13.6. The predicted octanol–water partition coefficient (Wildman–Crippen LogP) is 2.51. The largest absolute Gasteiger partial charge is 0.493 e. The summed E-state index contributed by atoms with van der Waals surface area (Å²) in [5, 5.41) is 10.1. The molecule has 1 aromatic rings. The summed E-state index contributed by atoms with van der Waals surface area (Å²) in [7, 11) is 5.97. The molecule has 0 aromatic heterocycles. The van der Waals surface area contributed by atoms with Crippen LogP contribution in [0.1, 0.15) is 31.9 Å². The maximum absolute atomic E-state index is 13.6. The van der Waals surface area contributed by atoms with E-state index in [-0.39, 0.29) is 25.0 Å². The van der Waals surface area contributed by atoms with Crippen LogP contribution in [0.5, 0.6) is 17.2 Å². The second-order valence-electron chi connectivity index (χ2n) is 8.04. The van der Waals surface area contributed by atoms with Crippen molar-refractivity contribution >= 4 is 33.4 Å². The van der Waals surface area contributed by atoms with Gasteiger partial charge in [-0.05, 0) is 31.5 Å². The quantitative estimate of drug-likeness (QED) is 0.657. The molecule has 2 amide bonds. The molecule has 4 fully saturated rings. The Labute approximate surface area is 175 Å². The number of likely N-dealkylation sites (N-methyl/N-ethyl adjacent to an activating group) is 1. The van der Waals surface area contributed by atoms with Crippen LogP contribution in [0, 0.1) is 16.7 Å². The van der Waals surface area contributed by atoms with Gasteiger partial charge >= 0.3 is 0 Å². The zero-order valence-corrected chi connectivity index (χ0v) is 18.0. The van der Waals surface area contributed by atoms with Gasteiger partial charge in [0, 0.05) is 13.5 Å². The molecule has 29 heavy (non-hydrogen) atoms. The number of nitrogens with zero attached hydrogens (tertiary/aromatic N) is 3. The van der Waals surface area contributed by atoms with Crippen molar-refractivity contribution in [2.75, 3.05) is 21.0 Å². The summed E-state index contributed by atoms with van der Waals surface area (Å²) in [6, 6.07) is 5.34. The molecule has 1 spiro atoms. The molecule has 4 saturated heterocycles. The standard InChI is InChI=1S/C19H19N3O5S2/c1-17(8-20)7-19-16(24)21(3)18(2,28-29-19)15(23)22(19)14(17)10-5-11(25-4)13-12(6-10)26-9-27-13/h5-6,14H,7,9H2,1-4H3/t14?,17-,18?,19?/m1/s1. The number of piperazine rings is 1. The highest BCUT2D eigenvalue weighted by Crippen LogP contribution is 2.69. The normalized spacial score (nSPS) is 37.0. The summed E-state index contributed by atoms with van der Waals surface area (Å²) >= 11 is 0. The third kappa shape index (κ3) is 2.07. The van der Waals surface area contributed by atoms with Crippen molar-refractivity contribution in [3.8, 4) is 23.3 Å². The SMILES string of the molecule is COc1cc(C2N3C(=O)C4(C)SSC3(C[C@]2(C)C#N)C(=O)N4C)cc2c1OCO2. The molecule has 5 aliphatic heterocycles. The van der Waals surface area contributed by atoms with Crippen LogP contribution in [-0.2, 0) is 9.59 Å². The van der Waals surface area contributed by atoms with E-state index in [0.717, 1.165) is 0 Å². The van der Waals surface area contributed by atoms with Gasteiger partial charge in [-0.25, -0.2) is 0 Å². The van der Waals surface area contributed by atoms with Crippen molar-refractivity contribution in [1.82, 2.24) is 9.80 Å². The number of ether oxygens (including phenoxy) is 3. The number of rotatable bonds is 2. The van der Waals surface area contributed by atoms with Crippen LogP contribution in [0.3, 0.4) is 0 Å². The van der Waals surface area contributed by atoms with E-state index in [1.165, 1.54) is 33.6 Å². The number of nitriles is 1. The molecule has 0 saturated carbocycles. The van der Waals surface area contributed by atoms with Gasteiger partial charge in [0.2, 0.25) is 12.5 Å². The van der Waals surface area contributed by atoms with Crippen LogP contribution in [0.25, 0.3) is 0 Å². The van der Waals surface area contributed by atoms with Crippen molar-refractivity contribution < 1.29 is 23.8 Å². The molecule has 152 valence electrons. The summed E-state index contributed by atoms with van der Waals surface area (Å²) < 4.78 is 16.5. The molecule has 5 aliphatic rings. The van der Waals surface area contributed by atoms with Gasteiger partial charge < -0.3 is 24.0 Å². The first-order chi connectivity index (χ1) is 13.7. The smallest absolute Gasteiger partial charge is 0.261 e. The minimum absolute atomic E-state index is 0.0791. The average molecular weight is 434 g/mol. The van der Waals surface area contributed by atoms with Gasteiger partial charge in [-0.1, -0.05) is 21.6 Å². The van der Waals surface area contributed by atoms with Crippen molar-refractivity contribution in [1.29, 1.82) is 5.26 Å². The van der Waals surface area contributed by atoms with Crippen LogP contribution in [0.4, 0.5) is 0 Å². The molecule has 5 heterocycles. The molecule has 2 bridgehead atoms. The van der Waals surface area contributed by atoms with E-state index in [9.17, 15) is 14.9 Å². The third-order valence-corrected chi connectivity index (χ3v) is 10.0. The van der Waals surface area contributed by atoms with Crippen molar-refractivity contribution in [3.63, 3.8) is 0 Å². The first kappa shape index (κ1) is 18.8. The van der Waals surface area contributed by atoms with E-state index in [1.54, 1.807) is 31.0 Å². The fourth-order valence-electron chi connectivity index (χ4n) is 4.73. The highest BCUT2D eigenvalue weighted by Gasteiger charge is 2.74. The highest BCUT2D eigenvalue weighted by molar-refractivity contribution is 8.78. The Morgan fingerprint density at radius 2 is 2.00 bits per heavy atom. The lowest BCUT2D eigenvalue weighted by molar-refractivity contribution is -0.164. The Balaban J connectivity index is 1.73. The predicted molar refractivity (Wildman–Crippen MR) is 106 cm³/mol. The van der Waals surface area contributed by atoms with Gasteiger partial charge in [-0.3, -0.25) is 9.59 Å². The molecule has 1 aromatic carbocycles. The Morgan fingerprint density at radius 3 is 2.69 bits per heavy atom. The third-order valence-electron chi connectivity index (χ3n) is 6.35. The van der Waals surface area contributed by atoms with Gasteiger partial charge in [0.25, 0.3) is 11.8 Å². The second-order valence-corrected chi connectivity index (χ2v) is 10.8. The van der Waals surface area contributed by atoms with E-state index in [0.29, 0.717) is 22.8 Å². The Morgan fingerprint density at radius 1 is 1.24 bits per heavy atom. The molecular formula is C19H19N3O5S2. The number of methoxy groups -OCH3 is 1. The van der Waals surface area contributed by atoms with Gasteiger partial charge in [-0.2, -0.15) is 5.26 Å². The monoisotopic (exact) mass is 433 g/mol. The van der Waals surface area contributed by atoms with Crippen LogP contribution >= 0.6 is 21.6 Å². The van der Waals surface area contributed by atoms with Crippen LogP contribution < -0.4 is 14.2 Å². The van der Waals surface area contributed by atoms with E-state index >= 15 is 0 Å². The number of hydrogen-bond acceptors (Lipinski definition) is 8.